The van der Waals surface area contributed by atoms with Gasteiger partial charge in [0.1, 0.15) is 0 Å². The topological polar surface area (TPSA) is 28.2 Å². The number of anilines is 1. The van der Waals surface area contributed by atoms with E-state index >= 15 is 0 Å². The predicted octanol–water partition coefficient (Wildman–Crippen LogP) is 6.36. The Morgan fingerprint density at radius 2 is 1.77 bits per heavy atom. The zero-order valence-corrected chi connectivity index (χ0v) is 18.4. The standard InChI is InChI=1S/C23H26F3N3S/c1-5-29(4)14-27-20-11-15(2)18(10-16(20)3)12-22-28-21(13-30-22)17-6-8-19(9-7-17)23(24,25)26/h6-11,13,27H,5,12,14H2,1-4H3. The van der Waals surface area contributed by atoms with Crippen LogP contribution in [0.5, 0.6) is 0 Å². The van der Waals surface area contributed by atoms with Crippen LogP contribution in [0, 0.1) is 13.8 Å². The zero-order valence-electron chi connectivity index (χ0n) is 17.6. The summed E-state index contributed by atoms with van der Waals surface area (Å²) in [5.41, 5.74) is 5.45. The Bertz CT molecular complexity index is 994. The quantitative estimate of drug-likeness (QED) is 0.440. The van der Waals surface area contributed by atoms with Gasteiger partial charge in [0.15, 0.2) is 0 Å². The molecule has 7 heteroatoms. The van der Waals surface area contributed by atoms with E-state index in [1.165, 1.54) is 40.2 Å². The highest BCUT2D eigenvalue weighted by Crippen LogP contribution is 2.32. The third-order valence-corrected chi connectivity index (χ3v) is 6.01. The molecule has 0 aliphatic rings. The summed E-state index contributed by atoms with van der Waals surface area (Å²) in [5, 5.41) is 6.31. The van der Waals surface area contributed by atoms with Crippen LogP contribution < -0.4 is 5.32 Å². The smallest absolute Gasteiger partial charge is 0.372 e. The molecule has 0 amide bonds. The lowest BCUT2D eigenvalue weighted by Gasteiger charge is -2.18. The summed E-state index contributed by atoms with van der Waals surface area (Å²) in [7, 11) is 2.07. The Hall–Kier alpha value is -2.38. The molecule has 0 saturated carbocycles. The van der Waals surface area contributed by atoms with E-state index in [1.807, 2.05) is 5.38 Å². The van der Waals surface area contributed by atoms with E-state index in [0.717, 1.165) is 36.0 Å². The first-order valence-corrected chi connectivity index (χ1v) is 10.7. The number of halogens is 3. The summed E-state index contributed by atoms with van der Waals surface area (Å²) in [6, 6.07) is 9.50. The number of aryl methyl sites for hydroxylation is 2. The molecule has 1 aromatic heterocycles. The Kier molecular flexibility index (Phi) is 6.83. The maximum Gasteiger partial charge on any atom is 0.416 e. The van der Waals surface area contributed by atoms with E-state index in [2.05, 4.69) is 55.2 Å². The van der Waals surface area contributed by atoms with Gasteiger partial charge in [0.2, 0.25) is 0 Å². The summed E-state index contributed by atoms with van der Waals surface area (Å²) in [6.45, 7) is 8.07. The lowest BCUT2D eigenvalue weighted by atomic mass is 10.0. The number of nitrogens with one attached hydrogen (secondary N) is 1. The fourth-order valence-corrected chi connectivity index (χ4v) is 3.93. The van der Waals surface area contributed by atoms with E-state index in [0.29, 0.717) is 17.7 Å². The van der Waals surface area contributed by atoms with Crippen LogP contribution >= 0.6 is 11.3 Å². The highest BCUT2D eigenvalue weighted by atomic mass is 32.1. The van der Waals surface area contributed by atoms with Crippen molar-refractivity contribution in [3.05, 3.63) is 69.0 Å². The van der Waals surface area contributed by atoms with Gasteiger partial charge < -0.3 is 5.32 Å². The van der Waals surface area contributed by atoms with Crippen LogP contribution in [0.3, 0.4) is 0 Å². The van der Waals surface area contributed by atoms with Crippen molar-refractivity contribution < 1.29 is 13.2 Å². The molecule has 1 N–H and O–H groups in total. The molecule has 3 aromatic rings. The van der Waals surface area contributed by atoms with Crippen molar-refractivity contribution in [3.8, 4) is 11.3 Å². The SMILES string of the molecule is CCN(C)CNc1cc(C)c(Cc2nc(-c3ccc(C(F)(F)F)cc3)cs2)cc1C. The van der Waals surface area contributed by atoms with Crippen molar-refractivity contribution >= 4 is 17.0 Å². The number of aromatic nitrogens is 1. The fraction of sp³-hybridized carbons (Fsp3) is 0.348. The van der Waals surface area contributed by atoms with Gasteiger partial charge in [-0.05, 0) is 62.3 Å². The minimum absolute atomic E-state index is 0.647. The van der Waals surface area contributed by atoms with Gasteiger partial charge in [-0.25, -0.2) is 4.98 Å². The Balaban J connectivity index is 1.73. The van der Waals surface area contributed by atoms with Crippen LogP contribution in [-0.4, -0.2) is 30.1 Å². The largest absolute Gasteiger partial charge is 0.416 e. The van der Waals surface area contributed by atoms with Crippen molar-refractivity contribution in [2.24, 2.45) is 0 Å². The molecule has 1 heterocycles. The van der Waals surface area contributed by atoms with Gasteiger partial charge in [-0.2, -0.15) is 13.2 Å². The molecular formula is C23H26F3N3S. The van der Waals surface area contributed by atoms with E-state index in [4.69, 9.17) is 0 Å². The molecule has 3 rings (SSSR count). The second-order valence-corrected chi connectivity index (χ2v) is 8.42. The molecule has 0 spiro atoms. The second kappa shape index (κ2) is 9.18. The van der Waals surface area contributed by atoms with Crippen molar-refractivity contribution in [1.82, 2.24) is 9.88 Å². The minimum Gasteiger partial charge on any atom is -0.372 e. The number of nitrogens with zero attached hydrogens (tertiary/aromatic N) is 2. The molecular weight excluding hydrogens is 407 g/mol. The second-order valence-electron chi connectivity index (χ2n) is 7.48. The molecule has 160 valence electrons. The summed E-state index contributed by atoms with van der Waals surface area (Å²) in [5.74, 6) is 0. The van der Waals surface area contributed by atoms with E-state index < -0.39 is 11.7 Å². The third-order valence-electron chi connectivity index (χ3n) is 5.16. The highest BCUT2D eigenvalue weighted by Gasteiger charge is 2.30. The van der Waals surface area contributed by atoms with Gasteiger partial charge in [0.25, 0.3) is 0 Å². The first-order valence-electron chi connectivity index (χ1n) is 9.82. The van der Waals surface area contributed by atoms with Gasteiger partial charge in [0.05, 0.1) is 22.9 Å². The number of hydrogen-bond donors (Lipinski definition) is 1. The predicted molar refractivity (Wildman–Crippen MR) is 118 cm³/mol. The van der Waals surface area contributed by atoms with Crippen LogP contribution in [0.4, 0.5) is 18.9 Å². The maximum atomic E-state index is 12.8. The molecule has 0 saturated heterocycles. The molecule has 0 atom stereocenters. The summed E-state index contributed by atoms with van der Waals surface area (Å²) < 4.78 is 38.3. The van der Waals surface area contributed by atoms with E-state index in [-0.39, 0.29) is 0 Å². The van der Waals surface area contributed by atoms with Crippen molar-refractivity contribution in [1.29, 1.82) is 0 Å². The summed E-state index contributed by atoms with van der Waals surface area (Å²) in [4.78, 5) is 6.84. The van der Waals surface area contributed by atoms with Crippen molar-refractivity contribution in [2.75, 3.05) is 25.6 Å². The van der Waals surface area contributed by atoms with E-state index in [1.54, 1.807) is 0 Å². The summed E-state index contributed by atoms with van der Waals surface area (Å²) >= 11 is 1.53. The Labute approximate surface area is 179 Å². The monoisotopic (exact) mass is 433 g/mol. The Morgan fingerprint density at radius 3 is 2.40 bits per heavy atom. The van der Waals surface area contributed by atoms with Gasteiger partial charge >= 0.3 is 6.18 Å². The van der Waals surface area contributed by atoms with Crippen LogP contribution in [-0.2, 0) is 12.6 Å². The average molecular weight is 434 g/mol. The Morgan fingerprint density at radius 1 is 1.07 bits per heavy atom. The molecule has 0 unspecified atom stereocenters. The molecule has 0 fully saturated rings. The number of benzene rings is 2. The van der Waals surface area contributed by atoms with Crippen LogP contribution in [0.25, 0.3) is 11.3 Å². The molecule has 0 radical (unpaired) electrons. The fourth-order valence-electron chi connectivity index (χ4n) is 3.11. The highest BCUT2D eigenvalue weighted by molar-refractivity contribution is 7.10. The minimum atomic E-state index is -4.33. The molecule has 2 aromatic carbocycles. The lowest BCUT2D eigenvalue weighted by molar-refractivity contribution is -0.137. The molecule has 0 bridgehead atoms. The third kappa shape index (κ3) is 5.40. The van der Waals surface area contributed by atoms with Gasteiger partial charge in [-0.3, -0.25) is 4.90 Å². The van der Waals surface area contributed by atoms with Gasteiger partial charge in [-0.15, -0.1) is 11.3 Å². The average Bonchev–Trinajstić information content (AvgIpc) is 3.17. The molecule has 0 aliphatic heterocycles. The normalized spacial score (nSPS) is 11.9. The van der Waals surface area contributed by atoms with Crippen molar-refractivity contribution in [2.45, 2.75) is 33.4 Å². The number of hydrogen-bond acceptors (Lipinski definition) is 4. The van der Waals surface area contributed by atoms with Crippen molar-refractivity contribution in [3.63, 3.8) is 0 Å². The first-order chi connectivity index (χ1) is 14.2. The van der Waals surface area contributed by atoms with Crippen LogP contribution in [0.15, 0.2) is 41.8 Å². The zero-order chi connectivity index (χ0) is 21.9. The number of thiazole rings is 1. The van der Waals surface area contributed by atoms with Gasteiger partial charge in [-0.1, -0.05) is 25.1 Å². The molecule has 0 aliphatic carbocycles. The van der Waals surface area contributed by atoms with Crippen LogP contribution in [0.2, 0.25) is 0 Å². The maximum absolute atomic E-state index is 12.8. The summed E-state index contributed by atoms with van der Waals surface area (Å²) in [6.07, 6.45) is -3.62. The van der Waals surface area contributed by atoms with E-state index in [9.17, 15) is 13.2 Å². The number of alkyl halides is 3. The first kappa shape index (κ1) is 22.3. The molecule has 3 nitrogen and oxygen atoms in total. The van der Waals surface area contributed by atoms with Gasteiger partial charge in [0, 0.05) is 23.1 Å². The van der Waals surface area contributed by atoms with Crippen LogP contribution in [0.1, 0.15) is 34.2 Å². The molecule has 30 heavy (non-hydrogen) atoms. The lowest BCUT2D eigenvalue weighted by Crippen LogP contribution is -2.25. The number of rotatable bonds is 7.